The summed E-state index contributed by atoms with van der Waals surface area (Å²) in [6, 6.07) is 0.750. The van der Waals surface area contributed by atoms with Gasteiger partial charge in [-0.25, -0.2) is 0 Å². The molecule has 0 saturated carbocycles. The van der Waals surface area contributed by atoms with Crippen molar-refractivity contribution < 1.29 is 9.90 Å². The summed E-state index contributed by atoms with van der Waals surface area (Å²) in [6.45, 7) is 9.94. The van der Waals surface area contributed by atoms with Crippen LogP contribution in [-0.4, -0.2) is 59.2 Å². The second kappa shape index (κ2) is 7.66. The van der Waals surface area contributed by atoms with Gasteiger partial charge < -0.3 is 15.3 Å². The zero-order valence-electron chi connectivity index (χ0n) is 13.5. The van der Waals surface area contributed by atoms with Gasteiger partial charge in [0.25, 0.3) is 0 Å². The van der Waals surface area contributed by atoms with Gasteiger partial charge in [-0.15, -0.1) is 0 Å². The average molecular weight is 302 g/mol. The molecular formula is C15H30N2O2S. The van der Waals surface area contributed by atoms with Crippen LogP contribution in [0.5, 0.6) is 0 Å². The monoisotopic (exact) mass is 302 g/mol. The van der Waals surface area contributed by atoms with Gasteiger partial charge in [-0.05, 0) is 26.0 Å². The Labute approximate surface area is 127 Å². The first kappa shape index (κ1) is 17.8. The molecule has 118 valence electrons. The van der Waals surface area contributed by atoms with E-state index < -0.39 is 0 Å². The van der Waals surface area contributed by atoms with Crippen LogP contribution < -0.4 is 5.32 Å². The van der Waals surface area contributed by atoms with Crippen molar-refractivity contribution in [3.8, 4) is 0 Å². The van der Waals surface area contributed by atoms with Crippen molar-refractivity contribution in [3.63, 3.8) is 0 Å². The molecule has 1 heterocycles. The topological polar surface area (TPSA) is 52.6 Å². The molecule has 1 fully saturated rings. The highest BCUT2D eigenvalue weighted by atomic mass is 32.2. The van der Waals surface area contributed by atoms with Gasteiger partial charge in [0, 0.05) is 35.8 Å². The van der Waals surface area contributed by atoms with Crippen LogP contribution in [0.4, 0.5) is 0 Å². The van der Waals surface area contributed by atoms with Crippen molar-refractivity contribution >= 4 is 17.7 Å². The Morgan fingerprint density at radius 2 is 1.95 bits per heavy atom. The maximum Gasteiger partial charge on any atom is 0.227 e. The number of hydrogen-bond acceptors (Lipinski definition) is 4. The van der Waals surface area contributed by atoms with Gasteiger partial charge in [0.1, 0.15) is 0 Å². The van der Waals surface area contributed by atoms with Gasteiger partial charge >= 0.3 is 0 Å². The first-order valence-electron chi connectivity index (χ1n) is 7.48. The molecule has 5 heteroatoms. The first-order chi connectivity index (χ1) is 9.29. The second-order valence-electron chi connectivity index (χ2n) is 6.73. The number of aliphatic hydroxyl groups excluding tert-OH is 1. The lowest BCUT2D eigenvalue weighted by atomic mass is 9.93. The lowest BCUT2D eigenvalue weighted by molar-refractivity contribution is -0.140. The predicted octanol–water partition coefficient (Wildman–Crippen LogP) is 1.73. The van der Waals surface area contributed by atoms with Crippen LogP contribution in [0.2, 0.25) is 0 Å². The van der Waals surface area contributed by atoms with E-state index in [1.54, 1.807) is 11.8 Å². The number of aliphatic hydroxyl groups is 1. The van der Waals surface area contributed by atoms with Crippen molar-refractivity contribution in [1.29, 1.82) is 0 Å². The van der Waals surface area contributed by atoms with Crippen molar-refractivity contribution in [2.45, 2.75) is 57.9 Å². The van der Waals surface area contributed by atoms with E-state index in [1.165, 1.54) is 0 Å². The molecule has 2 unspecified atom stereocenters. The molecule has 0 aromatic heterocycles. The summed E-state index contributed by atoms with van der Waals surface area (Å²) >= 11 is 1.70. The molecule has 1 amide bonds. The minimum atomic E-state index is -0.283. The molecule has 1 rings (SSSR count). The summed E-state index contributed by atoms with van der Waals surface area (Å²) in [6.07, 6.45) is 4.03. The van der Waals surface area contributed by atoms with Crippen LogP contribution in [0, 0.1) is 5.41 Å². The molecule has 0 aromatic carbocycles. The van der Waals surface area contributed by atoms with Crippen LogP contribution in [-0.2, 0) is 4.79 Å². The molecule has 1 aliphatic heterocycles. The van der Waals surface area contributed by atoms with E-state index >= 15 is 0 Å². The molecule has 4 nitrogen and oxygen atoms in total. The maximum atomic E-state index is 12.2. The van der Waals surface area contributed by atoms with E-state index in [2.05, 4.69) is 12.2 Å². The Morgan fingerprint density at radius 1 is 1.40 bits per heavy atom. The highest BCUT2D eigenvalue weighted by Gasteiger charge is 2.31. The Kier molecular flexibility index (Phi) is 6.82. The minimum Gasteiger partial charge on any atom is -0.395 e. The largest absolute Gasteiger partial charge is 0.395 e. The average Bonchev–Trinajstić information content (AvgIpc) is 2.39. The number of rotatable bonds is 5. The molecule has 0 bridgehead atoms. The summed E-state index contributed by atoms with van der Waals surface area (Å²) in [5, 5.41) is 13.2. The van der Waals surface area contributed by atoms with E-state index in [9.17, 15) is 9.90 Å². The molecule has 2 N–H and O–H groups in total. The normalized spacial score (nSPS) is 20.8. The third-order valence-electron chi connectivity index (χ3n) is 3.96. The van der Waals surface area contributed by atoms with E-state index in [4.69, 9.17) is 0 Å². The summed E-state index contributed by atoms with van der Waals surface area (Å²) in [5.41, 5.74) is -0.283. The predicted molar refractivity (Wildman–Crippen MR) is 86.0 cm³/mol. The van der Waals surface area contributed by atoms with Crippen molar-refractivity contribution in [1.82, 2.24) is 10.2 Å². The summed E-state index contributed by atoms with van der Waals surface area (Å²) in [5.74, 6) is 0.251. The number of thioether (sulfide) groups is 1. The third-order valence-corrected chi connectivity index (χ3v) is 5.13. The lowest BCUT2D eigenvalue weighted by Gasteiger charge is -2.37. The molecule has 1 aliphatic rings. The zero-order valence-corrected chi connectivity index (χ0v) is 14.3. The molecule has 0 aromatic rings. The summed E-state index contributed by atoms with van der Waals surface area (Å²) < 4.78 is 0. The number of hydrogen-bond donors (Lipinski definition) is 2. The third kappa shape index (κ3) is 4.93. The van der Waals surface area contributed by atoms with Gasteiger partial charge in [-0.3, -0.25) is 4.79 Å². The standard InChI is InChI=1S/C15H30N2O2S/c1-11(13(10-18)20-5)16-12-6-8-17(9-7-12)14(19)15(2,3)4/h11-13,16,18H,6-10H2,1-5H3. The van der Waals surface area contributed by atoms with Crippen molar-refractivity contribution in [3.05, 3.63) is 0 Å². The number of carbonyl (C=O) groups excluding carboxylic acids is 1. The van der Waals surface area contributed by atoms with Crippen molar-refractivity contribution in [2.24, 2.45) is 5.41 Å². The second-order valence-corrected chi connectivity index (χ2v) is 7.81. The van der Waals surface area contributed by atoms with Crippen molar-refractivity contribution in [2.75, 3.05) is 26.0 Å². The zero-order chi connectivity index (χ0) is 15.3. The Balaban J connectivity index is 2.41. The smallest absolute Gasteiger partial charge is 0.227 e. The highest BCUT2D eigenvalue weighted by Crippen LogP contribution is 2.21. The molecule has 2 atom stereocenters. The number of nitrogens with one attached hydrogen (secondary N) is 1. The summed E-state index contributed by atoms with van der Waals surface area (Å²) in [7, 11) is 0. The fourth-order valence-corrected chi connectivity index (χ4v) is 3.28. The van der Waals surface area contributed by atoms with Crippen LogP contribution in [0.3, 0.4) is 0 Å². The minimum absolute atomic E-state index is 0.205. The van der Waals surface area contributed by atoms with Crippen LogP contribution in [0.25, 0.3) is 0 Å². The molecule has 0 radical (unpaired) electrons. The summed E-state index contributed by atoms with van der Waals surface area (Å²) in [4.78, 5) is 14.2. The lowest BCUT2D eigenvalue weighted by Crippen LogP contribution is -2.51. The fraction of sp³-hybridized carbons (Fsp3) is 0.933. The number of piperidine rings is 1. The maximum absolute atomic E-state index is 12.2. The fourth-order valence-electron chi connectivity index (χ4n) is 2.64. The molecule has 20 heavy (non-hydrogen) atoms. The molecule has 1 saturated heterocycles. The van der Waals surface area contributed by atoms with E-state index in [-0.39, 0.29) is 23.2 Å². The van der Waals surface area contributed by atoms with E-state index in [0.717, 1.165) is 25.9 Å². The van der Waals surface area contributed by atoms with Gasteiger partial charge in [-0.2, -0.15) is 11.8 Å². The van der Waals surface area contributed by atoms with Crippen LogP contribution in [0.15, 0.2) is 0 Å². The van der Waals surface area contributed by atoms with Gasteiger partial charge in [0.2, 0.25) is 5.91 Å². The van der Waals surface area contributed by atoms with Gasteiger partial charge in [-0.1, -0.05) is 20.8 Å². The Morgan fingerprint density at radius 3 is 2.35 bits per heavy atom. The Hall–Kier alpha value is -0.260. The molecule has 0 spiro atoms. The molecule has 0 aliphatic carbocycles. The van der Waals surface area contributed by atoms with Crippen LogP contribution >= 0.6 is 11.8 Å². The van der Waals surface area contributed by atoms with Crippen LogP contribution in [0.1, 0.15) is 40.5 Å². The van der Waals surface area contributed by atoms with Gasteiger partial charge in [0.15, 0.2) is 0 Å². The molecular weight excluding hydrogens is 272 g/mol. The highest BCUT2D eigenvalue weighted by molar-refractivity contribution is 7.99. The number of likely N-dealkylation sites (tertiary alicyclic amines) is 1. The SMILES string of the molecule is CSC(CO)C(C)NC1CCN(C(=O)C(C)(C)C)CC1. The number of amides is 1. The van der Waals surface area contributed by atoms with E-state index in [0.29, 0.717) is 12.1 Å². The van der Waals surface area contributed by atoms with E-state index in [1.807, 2.05) is 31.9 Å². The quantitative estimate of drug-likeness (QED) is 0.812. The number of carbonyl (C=O) groups is 1. The first-order valence-corrected chi connectivity index (χ1v) is 8.77. The number of nitrogens with zero attached hydrogens (tertiary/aromatic N) is 1. The van der Waals surface area contributed by atoms with Gasteiger partial charge in [0.05, 0.1) is 6.61 Å². The Bertz CT molecular complexity index is 305.